The van der Waals surface area contributed by atoms with Crippen LogP contribution < -0.4 is 4.90 Å². The number of nitrogens with zero attached hydrogens (tertiary/aromatic N) is 6. The third-order valence-corrected chi connectivity index (χ3v) is 9.40. The first kappa shape index (κ1) is 35.3. The van der Waals surface area contributed by atoms with Crippen molar-refractivity contribution < 1.29 is 19.1 Å². The van der Waals surface area contributed by atoms with Gasteiger partial charge in [-0.3, -0.25) is 14.5 Å². The van der Waals surface area contributed by atoms with E-state index in [0.717, 1.165) is 35.7 Å². The van der Waals surface area contributed by atoms with E-state index in [2.05, 4.69) is 59.8 Å². The Kier molecular flexibility index (Phi) is 12.6. The minimum absolute atomic E-state index is 0.0465. The highest BCUT2D eigenvalue weighted by Gasteiger charge is 2.36. The molecule has 0 aliphatic carbocycles. The Labute approximate surface area is 270 Å². The van der Waals surface area contributed by atoms with Gasteiger partial charge < -0.3 is 9.64 Å². The molecule has 1 atom stereocenters. The number of esters is 1. The number of anilines is 1. The standard InChI is InChI=1S/C17H23N3OS.C15H23N3O3S/c1-17(2,3)15-13(16(21)20(6)18-15)9-7-8-12-10-11-14(22-12)19(4)5;1-4-6-7-18-14(19)11(10-12-17(3)8-9-22-12)13(16-18)15(20)21-5-2/h7-11H,1-6H3;10,12H,4-9H2,1-3H3/b8-7+,13-9-;. The van der Waals surface area contributed by atoms with E-state index in [1.165, 1.54) is 15.0 Å². The van der Waals surface area contributed by atoms with Gasteiger partial charge in [0.1, 0.15) is 0 Å². The Morgan fingerprint density at radius 2 is 1.84 bits per heavy atom. The van der Waals surface area contributed by atoms with E-state index in [1.807, 2.05) is 45.4 Å². The number of thioether (sulfide) groups is 1. The van der Waals surface area contributed by atoms with Crippen molar-refractivity contribution in [1.29, 1.82) is 0 Å². The van der Waals surface area contributed by atoms with Gasteiger partial charge >= 0.3 is 5.97 Å². The van der Waals surface area contributed by atoms with Crippen molar-refractivity contribution in [2.24, 2.45) is 15.6 Å². The lowest BCUT2D eigenvalue weighted by Gasteiger charge is -2.17. The summed E-state index contributed by atoms with van der Waals surface area (Å²) in [5.41, 5.74) is 1.88. The minimum Gasteiger partial charge on any atom is -0.461 e. The molecule has 0 aromatic carbocycles. The van der Waals surface area contributed by atoms with E-state index < -0.39 is 5.97 Å². The maximum atomic E-state index is 12.5. The van der Waals surface area contributed by atoms with Gasteiger partial charge in [-0.25, -0.2) is 14.8 Å². The summed E-state index contributed by atoms with van der Waals surface area (Å²) in [5.74, 6) is 0.254. The summed E-state index contributed by atoms with van der Waals surface area (Å²) in [7, 11) is 7.76. The molecule has 0 N–H and O–H groups in total. The first-order chi connectivity index (χ1) is 20.8. The fourth-order valence-electron chi connectivity index (χ4n) is 4.45. The lowest BCUT2D eigenvalue weighted by molar-refractivity contribution is -0.135. The molecule has 3 aliphatic heterocycles. The highest BCUT2D eigenvalue weighted by molar-refractivity contribution is 8.00. The SMILES string of the molecule is CCCCN1N=C(C(=O)OCC)C(=CC2SCCN2C)C1=O.CN1N=C(C(C)(C)C)/C(=C/C=C/c2ccc(N(C)C)s2)C1=O. The molecule has 1 unspecified atom stereocenters. The zero-order chi connectivity index (χ0) is 32.6. The van der Waals surface area contributed by atoms with Crippen LogP contribution in [0.15, 0.2) is 51.7 Å². The number of allylic oxidation sites excluding steroid dienone is 2. The van der Waals surface area contributed by atoms with Gasteiger partial charge in [-0.2, -0.15) is 10.2 Å². The molecule has 10 nitrogen and oxygen atoms in total. The molecule has 240 valence electrons. The van der Waals surface area contributed by atoms with Crippen LogP contribution in [0.3, 0.4) is 0 Å². The third kappa shape index (κ3) is 8.92. The molecule has 1 saturated heterocycles. The van der Waals surface area contributed by atoms with Crippen LogP contribution in [0.1, 0.15) is 52.3 Å². The van der Waals surface area contributed by atoms with E-state index in [-0.39, 0.29) is 34.9 Å². The molecule has 0 saturated carbocycles. The van der Waals surface area contributed by atoms with Gasteiger partial charge in [-0.05, 0) is 50.8 Å². The second kappa shape index (κ2) is 15.7. The molecule has 1 aromatic rings. The number of hydrogen-bond acceptors (Lipinski definition) is 10. The van der Waals surface area contributed by atoms with Crippen molar-refractivity contribution in [2.45, 2.75) is 52.8 Å². The van der Waals surface area contributed by atoms with Crippen LogP contribution >= 0.6 is 23.1 Å². The Bertz CT molecular complexity index is 1370. The van der Waals surface area contributed by atoms with Crippen molar-refractivity contribution in [1.82, 2.24) is 14.9 Å². The lowest BCUT2D eigenvalue weighted by atomic mass is 9.85. The molecule has 12 heteroatoms. The van der Waals surface area contributed by atoms with Gasteiger partial charge in [0.25, 0.3) is 11.8 Å². The summed E-state index contributed by atoms with van der Waals surface area (Å²) < 4.78 is 5.04. The molecule has 3 aliphatic rings. The molecule has 2 amide bonds. The normalized spacial score (nSPS) is 21.0. The van der Waals surface area contributed by atoms with Crippen LogP contribution in [0.25, 0.3) is 6.08 Å². The van der Waals surface area contributed by atoms with Gasteiger partial charge in [-0.15, -0.1) is 23.1 Å². The quantitative estimate of drug-likeness (QED) is 0.273. The summed E-state index contributed by atoms with van der Waals surface area (Å²) in [6.07, 6.45) is 9.49. The maximum absolute atomic E-state index is 12.5. The molecular weight excluding hydrogens is 597 g/mol. The number of carbonyl (C=O) groups is 3. The van der Waals surface area contributed by atoms with Gasteiger partial charge in [0, 0.05) is 50.3 Å². The summed E-state index contributed by atoms with van der Waals surface area (Å²) >= 11 is 3.47. The average Bonchev–Trinajstić information content (AvgIpc) is 3.73. The Balaban J connectivity index is 0.000000240. The number of ether oxygens (including phenoxy) is 1. The molecule has 0 bridgehead atoms. The third-order valence-electron chi connectivity index (χ3n) is 6.93. The van der Waals surface area contributed by atoms with Crippen LogP contribution in [0.2, 0.25) is 0 Å². The predicted octanol–water partition coefficient (Wildman–Crippen LogP) is 5.11. The van der Waals surface area contributed by atoms with E-state index >= 15 is 0 Å². The summed E-state index contributed by atoms with van der Waals surface area (Å²) in [6, 6.07) is 4.17. The summed E-state index contributed by atoms with van der Waals surface area (Å²) in [5, 5.41) is 12.7. The number of rotatable bonds is 9. The number of carbonyl (C=O) groups excluding carboxylic acids is 3. The predicted molar refractivity (Wildman–Crippen MR) is 183 cm³/mol. The monoisotopic (exact) mass is 642 g/mol. The fraction of sp³-hybridized carbons (Fsp3) is 0.531. The van der Waals surface area contributed by atoms with Crippen molar-refractivity contribution in [2.75, 3.05) is 58.5 Å². The van der Waals surface area contributed by atoms with Gasteiger partial charge in [-0.1, -0.05) is 40.2 Å². The van der Waals surface area contributed by atoms with E-state index in [4.69, 9.17) is 4.74 Å². The van der Waals surface area contributed by atoms with E-state index in [9.17, 15) is 14.4 Å². The Morgan fingerprint density at radius 3 is 2.41 bits per heavy atom. The molecule has 1 fully saturated rings. The minimum atomic E-state index is -0.522. The highest BCUT2D eigenvalue weighted by Crippen LogP contribution is 2.29. The highest BCUT2D eigenvalue weighted by atomic mass is 32.2. The number of likely N-dealkylation sites (N-methyl/N-ethyl adjacent to an activating group) is 2. The smallest absolute Gasteiger partial charge is 0.359 e. The van der Waals surface area contributed by atoms with Crippen LogP contribution in [0.4, 0.5) is 5.00 Å². The number of amides is 2. The Hall–Kier alpha value is -3.22. The number of unbranched alkanes of at least 4 members (excludes halogenated alkanes) is 1. The molecule has 0 spiro atoms. The molecule has 1 aromatic heterocycles. The van der Waals surface area contributed by atoms with Gasteiger partial charge in [0.2, 0.25) is 0 Å². The number of thiophene rings is 1. The van der Waals surface area contributed by atoms with Gasteiger partial charge in [0.05, 0.1) is 33.8 Å². The van der Waals surface area contributed by atoms with E-state index in [0.29, 0.717) is 17.7 Å². The first-order valence-corrected chi connectivity index (χ1v) is 16.8. The number of hydrogen-bond donors (Lipinski definition) is 0. The fourth-order valence-corrected chi connectivity index (χ4v) is 6.52. The van der Waals surface area contributed by atoms with Crippen LogP contribution in [-0.4, -0.2) is 103 Å². The molecule has 0 radical (unpaired) electrons. The lowest BCUT2D eigenvalue weighted by Crippen LogP contribution is -2.27. The zero-order valence-corrected chi connectivity index (χ0v) is 29.0. The van der Waals surface area contributed by atoms with Crippen molar-refractivity contribution >= 4 is 63.4 Å². The zero-order valence-electron chi connectivity index (χ0n) is 27.4. The van der Waals surface area contributed by atoms with Crippen molar-refractivity contribution in [3.05, 3.63) is 46.4 Å². The molecule has 4 heterocycles. The van der Waals surface area contributed by atoms with E-state index in [1.54, 1.807) is 37.1 Å². The van der Waals surface area contributed by atoms with Crippen LogP contribution in [0.5, 0.6) is 0 Å². The first-order valence-electron chi connectivity index (χ1n) is 14.9. The van der Waals surface area contributed by atoms with Crippen molar-refractivity contribution in [3.8, 4) is 0 Å². The molecular formula is C32H46N6O4S2. The second-order valence-electron chi connectivity index (χ2n) is 11.8. The summed E-state index contributed by atoms with van der Waals surface area (Å²) in [6.45, 7) is 11.8. The van der Waals surface area contributed by atoms with Crippen molar-refractivity contribution in [3.63, 3.8) is 0 Å². The Morgan fingerprint density at radius 1 is 1.11 bits per heavy atom. The van der Waals surface area contributed by atoms with Gasteiger partial charge in [0.15, 0.2) is 5.71 Å². The number of hydrazone groups is 2. The second-order valence-corrected chi connectivity index (χ2v) is 14.1. The van der Waals surface area contributed by atoms with Crippen LogP contribution in [-0.2, 0) is 19.1 Å². The summed E-state index contributed by atoms with van der Waals surface area (Å²) in [4.78, 5) is 42.2. The largest absolute Gasteiger partial charge is 0.461 e. The maximum Gasteiger partial charge on any atom is 0.359 e. The van der Waals surface area contributed by atoms with Crippen LogP contribution in [0, 0.1) is 5.41 Å². The average molecular weight is 643 g/mol. The molecule has 4 rings (SSSR count). The topological polar surface area (TPSA) is 98.1 Å². The molecule has 44 heavy (non-hydrogen) atoms.